The number of hydrogen-bond acceptors (Lipinski definition) is 5. The molecule has 0 atom stereocenters. The maximum Gasteiger partial charge on any atom is 0.162 e. The molecular weight excluding hydrogens is 653 g/mol. The number of pyridine rings is 4. The average molecular weight is 679 g/mol. The van der Waals surface area contributed by atoms with Gasteiger partial charge in [-0.1, -0.05) is 66.7 Å². The summed E-state index contributed by atoms with van der Waals surface area (Å²) in [6.07, 6.45) is 13.2. The van der Waals surface area contributed by atoms with Crippen molar-refractivity contribution in [2.24, 2.45) is 0 Å². The van der Waals surface area contributed by atoms with Crippen molar-refractivity contribution < 1.29 is 0 Å². The summed E-state index contributed by atoms with van der Waals surface area (Å²) in [7, 11) is 0. The van der Waals surface area contributed by atoms with Gasteiger partial charge in [0.2, 0.25) is 0 Å². The first-order valence-corrected chi connectivity index (χ1v) is 17.3. The number of rotatable bonds is 4. The van der Waals surface area contributed by atoms with Crippen molar-refractivity contribution in [1.29, 1.82) is 5.26 Å². The van der Waals surface area contributed by atoms with Crippen molar-refractivity contribution in [2.45, 2.75) is 0 Å². The van der Waals surface area contributed by atoms with Crippen LogP contribution in [0.3, 0.4) is 0 Å². The number of fused-ring (bicyclic) bond motifs is 9. The molecule has 4 aromatic carbocycles. The molecule has 7 heterocycles. The van der Waals surface area contributed by atoms with Crippen LogP contribution in [0, 0.1) is 11.3 Å². The smallest absolute Gasteiger partial charge is 0.162 e. The lowest BCUT2D eigenvalue weighted by molar-refractivity contribution is 1.01. The Kier molecular flexibility index (Phi) is 6.15. The maximum atomic E-state index is 10.2. The van der Waals surface area contributed by atoms with Crippen LogP contribution in [0.5, 0.6) is 0 Å². The van der Waals surface area contributed by atoms with Gasteiger partial charge in [-0.15, -0.1) is 0 Å². The van der Waals surface area contributed by atoms with Gasteiger partial charge in [-0.25, -0.2) is 4.98 Å². The summed E-state index contributed by atoms with van der Waals surface area (Å²) >= 11 is 0. The summed E-state index contributed by atoms with van der Waals surface area (Å²) in [5.41, 5.74) is 9.92. The summed E-state index contributed by atoms with van der Waals surface area (Å²) in [4.78, 5) is 19.3. The van der Waals surface area contributed by atoms with Gasteiger partial charge in [0.05, 0.1) is 80.9 Å². The van der Waals surface area contributed by atoms with Crippen LogP contribution in [0.4, 0.5) is 0 Å². The Morgan fingerprint density at radius 2 is 0.943 bits per heavy atom. The lowest BCUT2D eigenvalue weighted by atomic mass is 9.99. The standard InChI is InChI=1S/C45H26N8/c46-23-28-8-7-9-29(22-28)43-42(51-36-13-4-1-10-30(36)33-16-19-47-24-39(33)51)27-50-45(53-38-15-6-3-12-32(38)35-18-21-49-26-41(35)53)44(43)52-37-14-5-2-11-31(37)34-17-20-48-25-40(34)52/h1-22,24-27H. The third kappa shape index (κ3) is 4.10. The molecule has 0 bridgehead atoms. The van der Waals surface area contributed by atoms with Crippen molar-refractivity contribution in [2.75, 3.05) is 0 Å². The SMILES string of the molecule is N#Cc1cccc(-c2c(-n3c4ccccc4c4ccncc43)cnc(-n3c4ccccc4c4ccncc43)c2-n2c3ccccc3c3ccncc32)c1. The topological polar surface area (TPSA) is 90.1 Å². The molecule has 11 rings (SSSR count). The lowest BCUT2D eigenvalue weighted by Crippen LogP contribution is -2.11. The number of hydrogen-bond donors (Lipinski definition) is 0. The normalized spacial score (nSPS) is 11.8. The van der Waals surface area contributed by atoms with Crippen LogP contribution in [0.1, 0.15) is 5.56 Å². The van der Waals surface area contributed by atoms with Gasteiger partial charge >= 0.3 is 0 Å². The fourth-order valence-electron chi connectivity index (χ4n) is 8.24. The van der Waals surface area contributed by atoms with Crippen LogP contribution in [0.25, 0.3) is 93.7 Å². The lowest BCUT2D eigenvalue weighted by Gasteiger charge is -2.23. The molecule has 0 N–H and O–H groups in total. The van der Waals surface area contributed by atoms with E-state index in [1.807, 2.05) is 61.6 Å². The fourth-order valence-corrected chi connectivity index (χ4v) is 8.24. The highest BCUT2D eigenvalue weighted by atomic mass is 15.1. The molecule has 246 valence electrons. The average Bonchev–Trinajstić information content (AvgIpc) is 3.86. The molecule has 7 aromatic heterocycles. The van der Waals surface area contributed by atoms with Gasteiger partial charge in [-0.05, 0) is 54.1 Å². The Balaban J connectivity index is 1.42. The highest BCUT2D eigenvalue weighted by molar-refractivity contribution is 6.13. The second-order valence-electron chi connectivity index (χ2n) is 13.1. The Labute approximate surface area is 302 Å². The molecule has 0 spiro atoms. The van der Waals surface area contributed by atoms with Gasteiger partial charge < -0.3 is 9.13 Å². The van der Waals surface area contributed by atoms with Crippen LogP contribution in [-0.4, -0.2) is 33.6 Å². The Morgan fingerprint density at radius 1 is 0.453 bits per heavy atom. The van der Waals surface area contributed by atoms with E-state index < -0.39 is 0 Å². The van der Waals surface area contributed by atoms with E-state index in [0.29, 0.717) is 5.56 Å². The number of aromatic nitrogens is 7. The summed E-state index contributed by atoms with van der Waals surface area (Å²) in [6, 6.07) is 41.7. The summed E-state index contributed by atoms with van der Waals surface area (Å²) in [5, 5.41) is 16.8. The van der Waals surface area contributed by atoms with Crippen molar-refractivity contribution in [1.82, 2.24) is 33.6 Å². The summed E-state index contributed by atoms with van der Waals surface area (Å²) in [5.74, 6) is 0.718. The second-order valence-corrected chi connectivity index (χ2v) is 13.1. The maximum absolute atomic E-state index is 10.2. The van der Waals surface area contributed by atoms with E-state index in [9.17, 15) is 5.26 Å². The van der Waals surface area contributed by atoms with E-state index >= 15 is 0 Å². The predicted molar refractivity (Wildman–Crippen MR) is 211 cm³/mol. The van der Waals surface area contributed by atoms with Crippen molar-refractivity contribution in [3.8, 4) is 34.4 Å². The van der Waals surface area contributed by atoms with Crippen LogP contribution in [0.2, 0.25) is 0 Å². The predicted octanol–water partition coefficient (Wildman–Crippen LogP) is 10.1. The first-order chi connectivity index (χ1) is 26.3. The van der Waals surface area contributed by atoms with Gasteiger partial charge in [-0.3, -0.25) is 19.5 Å². The molecule has 53 heavy (non-hydrogen) atoms. The molecular formula is C45H26N8. The molecule has 8 nitrogen and oxygen atoms in total. The summed E-state index contributed by atoms with van der Waals surface area (Å²) < 4.78 is 6.77. The first kappa shape index (κ1) is 29.1. The van der Waals surface area contributed by atoms with E-state index in [4.69, 9.17) is 4.98 Å². The van der Waals surface area contributed by atoms with E-state index in [-0.39, 0.29) is 0 Å². The third-order valence-electron chi connectivity index (χ3n) is 10.4. The number of nitriles is 1. The largest absolute Gasteiger partial charge is 0.305 e. The van der Waals surface area contributed by atoms with Gasteiger partial charge in [0, 0.05) is 56.5 Å². The van der Waals surface area contributed by atoms with Crippen LogP contribution in [-0.2, 0) is 0 Å². The minimum absolute atomic E-state index is 0.562. The zero-order valence-corrected chi connectivity index (χ0v) is 28.1. The van der Waals surface area contributed by atoms with Gasteiger partial charge in [0.15, 0.2) is 5.82 Å². The van der Waals surface area contributed by atoms with Gasteiger partial charge in [0.1, 0.15) is 0 Å². The van der Waals surface area contributed by atoms with Crippen molar-refractivity contribution >= 4 is 65.4 Å². The molecule has 0 radical (unpaired) electrons. The number of benzene rings is 4. The Morgan fingerprint density at radius 3 is 1.53 bits per heavy atom. The minimum Gasteiger partial charge on any atom is -0.305 e. The molecule has 0 fully saturated rings. The molecule has 0 saturated carbocycles. The molecule has 0 aliphatic carbocycles. The molecule has 8 heteroatoms. The first-order valence-electron chi connectivity index (χ1n) is 17.3. The highest BCUT2D eigenvalue weighted by Crippen LogP contribution is 2.45. The van der Waals surface area contributed by atoms with E-state index in [2.05, 4.69) is 132 Å². The zero-order chi connectivity index (χ0) is 35.0. The van der Waals surface area contributed by atoms with Gasteiger partial charge in [0.25, 0.3) is 0 Å². The highest BCUT2D eigenvalue weighted by Gasteiger charge is 2.28. The second kappa shape index (κ2) is 11.2. The Hall–Kier alpha value is -7.63. The van der Waals surface area contributed by atoms with E-state index in [0.717, 1.165) is 93.7 Å². The van der Waals surface area contributed by atoms with Gasteiger partial charge in [-0.2, -0.15) is 5.26 Å². The fraction of sp³-hybridized carbons (Fsp3) is 0. The van der Waals surface area contributed by atoms with Crippen molar-refractivity contribution in [3.05, 3.63) is 164 Å². The van der Waals surface area contributed by atoms with E-state index in [1.165, 1.54) is 0 Å². The third-order valence-corrected chi connectivity index (χ3v) is 10.4. The molecule has 0 saturated heterocycles. The van der Waals surface area contributed by atoms with E-state index in [1.54, 1.807) is 0 Å². The quantitative estimate of drug-likeness (QED) is 0.185. The number of nitrogens with zero attached hydrogens (tertiary/aromatic N) is 8. The molecule has 0 amide bonds. The number of para-hydroxylation sites is 3. The molecule has 0 aliphatic heterocycles. The van der Waals surface area contributed by atoms with Crippen LogP contribution >= 0.6 is 0 Å². The monoisotopic (exact) mass is 678 g/mol. The van der Waals surface area contributed by atoms with Crippen molar-refractivity contribution in [3.63, 3.8) is 0 Å². The molecule has 0 aliphatic rings. The summed E-state index contributed by atoms with van der Waals surface area (Å²) in [6.45, 7) is 0. The Bertz CT molecular complexity index is 3160. The zero-order valence-electron chi connectivity index (χ0n) is 28.1. The molecule has 0 unspecified atom stereocenters. The minimum atomic E-state index is 0.562. The van der Waals surface area contributed by atoms with Crippen LogP contribution < -0.4 is 0 Å². The molecule has 11 aromatic rings. The van der Waals surface area contributed by atoms with Crippen LogP contribution in [0.15, 0.2) is 159 Å².